The van der Waals surface area contributed by atoms with Gasteiger partial charge in [0.15, 0.2) is 5.75 Å². The molecule has 0 saturated carbocycles. The van der Waals surface area contributed by atoms with Crippen LogP contribution in [-0.4, -0.2) is 18.5 Å². The molecule has 4 nitrogen and oxygen atoms in total. The Morgan fingerprint density at radius 1 is 1.11 bits per heavy atom. The van der Waals surface area contributed by atoms with E-state index in [0.29, 0.717) is 22.2 Å². The monoisotopic (exact) mass is 392 g/mol. The number of rotatable bonds is 5. The predicted octanol–water partition coefficient (Wildman–Crippen LogP) is 5.52. The first-order valence-electron chi connectivity index (χ1n) is 9.27. The molecule has 0 radical (unpaired) electrons. The summed E-state index contributed by atoms with van der Waals surface area (Å²) in [5.74, 6) is 1.14. The average molecular weight is 393 g/mol. The standard InChI is InChI=1S/C23H21ClN2O2/c1-16-13-17-7-5-6-10-21(17)26(16)15-23(27)25-20-14-18(24)11-12-22(20)28-19-8-3-2-4-9-19/h2-12,14,16H,13,15H2,1H3,(H,25,27)/t16-/m1/s1. The van der Waals surface area contributed by atoms with Crippen LogP contribution in [0.5, 0.6) is 11.5 Å². The number of anilines is 2. The van der Waals surface area contributed by atoms with E-state index >= 15 is 0 Å². The van der Waals surface area contributed by atoms with E-state index in [4.69, 9.17) is 16.3 Å². The van der Waals surface area contributed by atoms with Gasteiger partial charge >= 0.3 is 0 Å². The second-order valence-corrected chi connectivity index (χ2v) is 7.35. The van der Waals surface area contributed by atoms with Gasteiger partial charge in [0.2, 0.25) is 5.91 Å². The molecule has 0 spiro atoms. The van der Waals surface area contributed by atoms with Crippen molar-refractivity contribution in [2.45, 2.75) is 19.4 Å². The number of para-hydroxylation sites is 2. The van der Waals surface area contributed by atoms with Crippen LogP contribution in [0.3, 0.4) is 0 Å². The summed E-state index contributed by atoms with van der Waals surface area (Å²) in [4.78, 5) is 14.9. The molecule has 1 atom stereocenters. The van der Waals surface area contributed by atoms with E-state index in [1.54, 1.807) is 18.2 Å². The summed E-state index contributed by atoms with van der Waals surface area (Å²) in [5.41, 5.74) is 2.96. The van der Waals surface area contributed by atoms with Crippen LogP contribution in [0, 0.1) is 0 Å². The summed E-state index contributed by atoms with van der Waals surface area (Å²) in [6, 6.07) is 23.2. The van der Waals surface area contributed by atoms with Crippen LogP contribution in [0.2, 0.25) is 5.02 Å². The van der Waals surface area contributed by atoms with E-state index in [1.165, 1.54) is 5.56 Å². The number of nitrogens with zero attached hydrogens (tertiary/aromatic N) is 1. The summed E-state index contributed by atoms with van der Waals surface area (Å²) in [6.45, 7) is 2.41. The molecule has 0 bridgehead atoms. The molecule has 0 aromatic heterocycles. The Bertz CT molecular complexity index is 991. The van der Waals surface area contributed by atoms with E-state index in [2.05, 4.69) is 29.3 Å². The van der Waals surface area contributed by atoms with Crippen molar-refractivity contribution in [3.05, 3.63) is 83.4 Å². The number of hydrogen-bond donors (Lipinski definition) is 1. The van der Waals surface area contributed by atoms with Gasteiger partial charge in [0.1, 0.15) is 5.75 Å². The molecule has 0 fully saturated rings. The predicted molar refractivity (Wildman–Crippen MR) is 114 cm³/mol. The first-order chi connectivity index (χ1) is 13.6. The molecule has 0 saturated heterocycles. The number of carbonyl (C=O) groups excluding carboxylic acids is 1. The Morgan fingerprint density at radius 3 is 2.68 bits per heavy atom. The number of nitrogens with one attached hydrogen (secondary N) is 1. The smallest absolute Gasteiger partial charge is 0.244 e. The van der Waals surface area contributed by atoms with Crippen molar-refractivity contribution in [3.63, 3.8) is 0 Å². The average Bonchev–Trinajstić information content (AvgIpc) is 3.00. The molecule has 1 heterocycles. The van der Waals surface area contributed by atoms with Crippen molar-refractivity contribution in [1.29, 1.82) is 0 Å². The van der Waals surface area contributed by atoms with E-state index in [9.17, 15) is 4.79 Å². The Balaban J connectivity index is 1.51. The highest BCUT2D eigenvalue weighted by Crippen LogP contribution is 2.33. The van der Waals surface area contributed by atoms with Crippen LogP contribution in [-0.2, 0) is 11.2 Å². The number of fused-ring (bicyclic) bond motifs is 1. The van der Waals surface area contributed by atoms with Gasteiger partial charge in [-0.1, -0.05) is 48.0 Å². The first kappa shape index (κ1) is 18.4. The summed E-state index contributed by atoms with van der Waals surface area (Å²) in [6.07, 6.45) is 0.947. The maximum absolute atomic E-state index is 12.8. The lowest BCUT2D eigenvalue weighted by Crippen LogP contribution is -2.37. The van der Waals surface area contributed by atoms with Gasteiger partial charge in [0.05, 0.1) is 12.2 Å². The van der Waals surface area contributed by atoms with Crippen LogP contribution >= 0.6 is 11.6 Å². The highest BCUT2D eigenvalue weighted by Gasteiger charge is 2.27. The second kappa shape index (κ2) is 7.95. The lowest BCUT2D eigenvalue weighted by Gasteiger charge is -2.24. The quantitative estimate of drug-likeness (QED) is 0.621. The molecule has 1 N–H and O–H groups in total. The largest absolute Gasteiger partial charge is 0.455 e. The molecule has 0 unspecified atom stereocenters. The molecule has 3 aromatic rings. The lowest BCUT2D eigenvalue weighted by atomic mass is 10.1. The fourth-order valence-electron chi connectivity index (χ4n) is 3.52. The van der Waals surface area contributed by atoms with E-state index in [0.717, 1.165) is 12.1 Å². The Kier molecular flexibility index (Phi) is 5.22. The van der Waals surface area contributed by atoms with E-state index in [1.807, 2.05) is 42.5 Å². The van der Waals surface area contributed by atoms with Gasteiger partial charge in [-0.2, -0.15) is 0 Å². The van der Waals surface area contributed by atoms with Crippen molar-refractivity contribution >= 4 is 28.9 Å². The number of carbonyl (C=O) groups is 1. The van der Waals surface area contributed by atoms with Gasteiger partial charge in [-0.25, -0.2) is 0 Å². The molecule has 1 amide bonds. The minimum Gasteiger partial charge on any atom is -0.455 e. The maximum Gasteiger partial charge on any atom is 0.244 e. The van der Waals surface area contributed by atoms with Gasteiger partial charge in [0.25, 0.3) is 0 Å². The highest BCUT2D eigenvalue weighted by atomic mass is 35.5. The zero-order valence-electron chi connectivity index (χ0n) is 15.6. The second-order valence-electron chi connectivity index (χ2n) is 6.91. The molecular formula is C23H21ClN2O2. The molecule has 1 aliphatic rings. The third kappa shape index (κ3) is 3.97. The maximum atomic E-state index is 12.8. The highest BCUT2D eigenvalue weighted by molar-refractivity contribution is 6.31. The number of amides is 1. The van der Waals surface area contributed by atoms with Crippen molar-refractivity contribution < 1.29 is 9.53 Å². The van der Waals surface area contributed by atoms with Gasteiger partial charge in [-0.15, -0.1) is 0 Å². The molecular weight excluding hydrogens is 372 g/mol. The summed E-state index contributed by atoms with van der Waals surface area (Å²) in [5, 5.41) is 3.50. The molecule has 1 aliphatic heterocycles. The van der Waals surface area contributed by atoms with Gasteiger partial charge in [-0.3, -0.25) is 4.79 Å². The summed E-state index contributed by atoms with van der Waals surface area (Å²) < 4.78 is 5.93. The lowest BCUT2D eigenvalue weighted by molar-refractivity contribution is -0.115. The van der Waals surface area contributed by atoms with Crippen molar-refractivity contribution in [3.8, 4) is 11.5 Å². The van der Waals surface area contributed by atoms with Crippen LogP contribution in [0.1, 0.15) is 12.5 Å². The number of halogens is 1. The minimum atomic E-state index is -0.108. The number of hydrogen-bond acceptors (Lipinski definition) is 3. The third-order valence-corrected chi connectivity index (χ3v) is 5.08. The fourth-order valence-corrected chi connectivity index (χ4v) is 3.69. The van der Waals surface area contributed by atoms with E-state index in [-0.39, 0.29) is 18.5 Å². The van der Waals surface area contributed by atoms with E-state index < -0.39 is 0 Å². The molecule has 3 aromatic carbocycles. The molecule has 142 valence electrons. The first-order valence-corrected chi connectivity index (χ1v) is 9.65. The zero-order valence-corrected chi connectivity index (χ0v) is 16.3. The van der Waals surface area contributed by atoms with Crippen LogP contribution in [0.4, 0.5) is 11.4 Å². The number of ether oxygens (including phenoxy) is 1. The van der Waals surface area contributed by atoms with Gasteiger partial charge in [0, 0.05) is 16.8 Å². The van der Waals surface area contributed by atoms with Crippen LogP contribution < -0.4 is 15.0 Å². The van der Waals surface area contributed by atoms with Gasteiger partial charge in [-0.05, 0) is 55.3 Å². The molecule has 5 heteroatoms. The zero-order chi connectivity index (χ0) is 19.5. The SMILES string of the molecule is C[C@@H]1Cc2ccccc2N1CC(=O)Nc1cc(Cl)ccc1Oc1ccccc1. The Hall–Kier alpha value is -2.98. The Morgan fingerprint density at radius 2 is 1.86 bits per heavy atom. The van der Waals surface area contributed by atoms with Crippen LogP contribution in [0.15, 0.2) is 72.8 Å². The molecule has 4 rings (SSSR count). The van der Waals surface area contributed by atoms with Crippen molar-refractivity contribution in [2.24, 2.45) is 0 Å². The summed E-state index contributed by atoms with van der Waals surface area (Å²) in [7, 11) is 0. The minimum absolute atomic E-state index is 0.108. The number of benzene rings is 3. The van der Waals surface area contributed by atoms with Gasteiger partial charge < -0.3 is 15.0 Å². The molecule has 0 aliphatic carbocycles. The molecule has 28 heavy (non-hydrogen) atoms. The third-order valence-electron chi connectivity index (χ3n) is 4.85. The fraction of sp³-hybridized carbons (Fsp3) is 0.174. The normalized spacial score (nSPS) is 15.2. The topological polar surface area (TPSA) is 41.6 Å². The summed E-state index contributed by atoms with van der Waals surface area (Å²) >= 11 is 6.15. The van der Waals surface area contributed by atoms with Crippen molar-refractivity contribution in [2.75, 3.05) is 16.8 Å². The van der Waals surface area contributed by atoms with Crippen molar-refractivity contribution in [1.82, 2.24) is 0 Å². The van der Waals surface area contributed by atoms with Crippen LogP contribution in [0.25, 0.3) is 0 Å². The Labute approximate surface area is 169 Å².